The number of allylic oxidation sites excluding steroid dienone is 3. The predicted molar refractivity (Wildman–Crippen MR) is 74.8 cm³/mol. The van der Waals surface area contributed by atoms with Crippen LogP contribution in [-0.4, -0.2) is 5.78 Å². The average Bonchev–Trinajstić information content (AvgIpc) is 2.21. The van der Waals surface area contributed by atoms with Crippen molar-refractivity contribution in [3.8, 4) is 0 Å². The number of Topliss-reactive ketones (excluding diaryl/α,β-unsaturated/α-hetero) is 1. The van der Waals surface area contributed by atoms with E-state index < -0.39 is 0 Å². The summed E-state index contributed by atoms with van der Waals surface area (Å²) in [7, 11) is 0. The highest BCUT2D eigenvalue weighted by Crippen LogP contribution is 2.25. The molecule has 0 N–H and O–H groups in total. The van der Waals surface area contributed by atoms with Crippen LogP contribution >= 0.6 is 25.3 Å². The van der Waals surface area contributed by atoms with Gasteiger partial charge >= 0.3 is 0 Å². The maximum Gasteiger partial charge on any atom is 0.159 e. The highest BCUT2D eigenvalue weighted by Gasteiger charge is 2.06. The van der Waals surface area contributed by atoms with Crippen molar-refractivity contribution in [2.45, 2.75) is 23.6 Å². The number of carbonyl (C=O) groups excluding carboxylic acids is 1. The Kier molecular flexibility index (Phi) is 4.90. The zero-order valence-corrected chi connectivity index (χ0v) is 11.1. The van der Waals surface area contributed by atoms with Crippen LogP contribution in [0.3, 0.4) is 0 Å². The van der Waals surface area contributed by atoms with E-state index in [1.165, 1.54) is 6.92 Å². The van der Waals surface area contributed by atoms with E-state index in [4.69, 9.17) is 0 Å². The van der Waals surface area contributed by atoms with E-state index in [1.54, 1.807) is 12.1 Å². The van der Waals surface area contributed by atoms with Crippen LogP contribution in [0.1, 0.15) is 29.8 Å². The van der Waals surface area contributed by atoms with Crippen LogP contribution in [0, 0.1) is 0 Å². The predicted octanol–water partition coefficient (Wildman–Crippen LogP) is 4.06. The summed E-state index contributed by atoms with van der Waals surface area (Å²) in [4.78, 5) is 12.7. The minimum atomic E-state index is 0.0228. The molecule has 0 aliphatic heterocycles. The molecule has 0 bridgehead atoms. The largest absolute Gasteiger partial charge is 0.295 e. The third-order valence-corrected chi connectivity index (χ3v) is 2.85. The fourth-order valence-corrected chi connectivity index (χ4v) is 2.02. The van der Waals surface area contributed by atoms with Crippen molar-refractivity contribution < 1.29 is 4.79 Å². The number of carbonyl (C=O) groups is 1. The lowest BCUT2D eigenvalue weighted by molar-refractivity contribution is 0.101. The molecular weight excluding hydrogens is 236 g/mol. The molecule has 0 amide bonds. The molecule has 0 aliphatic rings. The molecule has 0 saturated heterocycles. The van der Waals surface area contributed by atoms with Gasteiger partial charge in [-0.25, -0.2) is 0 Å². The summed E-state index contributed by atoms with van der Waals surface area (Å²) in [5.74, 6) is 0.0228. The number of thiol groups is 2. The number of rotatable bonds is 3. The fourth-order valence-electron chi connectivity index (χ4n) is 1.26. The smallest absolute Gasteiger partial charge is 0.159 e. The van der Waals surface area contributed by atoms with Gasteiger partial charge in [0.25, 0.3) is 0 Å². The molecule has 1 nitrogen and oxygen atoms in total. The molecule has 1 rings (SSSR count). The zero-order valence-electron chi connectivity index (χ0n) is 9.27. The van der Waals surface area contributed by atoms with Gasteiger partial charge in [-0.2, -0.15) is 0 Å². The second-order valence-corrected chi connectivity index (χ2v) is 4.33. The lowest BCUT2D eigenvalue weighted by atomic mass is 10.1. The van der Waals surface area contributed by atoms with Crippen molar-refractivity contribution >= 4 is 37.1 Å². The molecule has 0 heterocycles. The summed E-state index contributed by atoms with van der Waals surface area (Å²) in [6, 6.07) is 3.53. The van der Waals surface area contributed by atoms with Crippen LogP contribution in [0.4, 0.5) is 0 Å². The van der Waals surface area contributed by atoms with Crippen LogP contribution in [0.2, 0.25) is 0 Å². The number of benzene rings is 1. The molecule has 16 heavy (non-hydrogen) atoms. The Hall–Kier alpha value is -0.930. The summed E-state index contributed by atoms with van der Waals surface area (Å²) in [6.45, 7) is 3.48. The van der Waals surface area contributed by atoms with E-state index in [1.807, 2.05) is 31.2 Å². The van der Waals surface area contributed by atoms with E-state index in [0.29, 0.717) is 5.56 Å². The van der Waals surface area contributed by atoms with Gasteiger partial charge in [-0.05, 0) is 26.0 Å². The maximum atomic E-state index is 11.2. The summed E-state index contributed by atoms with van der Waals surface area (Å²) < 4.78 is 0. The molecule has 0 aliphatic carbocycles. The van der Waals surface area contributed by atoms with Gasteiger partial charge in [0.1, 0.15) is 0 Å². The van der Waals surface area contributed by atoms with E-state index in [0.717, 1.165) is 15.4 Å². The van der Waals surface area contributed by atoms with Crippen molar-refractivity contribution in [1.29, 1.82) is 0 Å². The number of ketones is 1. The summed E-state index contributed by atoms with van der Waals surface area (Å²) >= 11 is 8.72. The quantitative estimate of drug-likeness (QED) is 0.470. The third kappa shape index (κ3) is 3.29. The Morgan fingerprint density at radius 2 is 1.75 bits per heavy atom. The number of hydrogen-bond acceptors (Lipinski definition) is 3. The topological polar surface area (TPSA) is 17.1 Å². The van der Waals surface area contributed by atoms with Gasteiger partial charge in [0.15, 0.2) is 5.78 Å². The molecule has 0 atom stereocenters. The Morgan fingerprint density at radius 1 is 1.19 bits per heavy atom. The molecule has 0 spiro atoms. The van der Waals surface area contributed by atoms with Crippen LogP contribution in [0.5, 0.6) is 0 Å². The Bertz CT molecular complexity index is 436. The average molecular weight is 250 g/mol. The zero-order chi connectivity index (χ0) is 12.1. The molecular formula is C13H14OS2. The lowest BCUT2D eigenvalue weighted by Crippen LogP contribution is -1.94. The molecule has 0 radical (unpaired) electrons. The van der Waals surface area contributed by atoms with Crippen LogP contribution in [0.25, 0.3) is 6.08 Å². The first-order chi connectivity index (χ1) is 7.56. The van der Waals surface area contributed by atoms with Crippen molar-refractivity contribution in [2.24, 2.45) is 0 Å². The summed E-state index contributed by atoms with van der Waals surface area (Å²) in [5, 5.41) is 0. The molecule has 0 unspecified atom stereocenters. The van der Waals surface area contributed by atoms with Gasteiger partial charge < -0.3 is 0 Å². The highest BCUT2D eigenvalue weighted by molar-refractivity contribution is 7.81. The second kappa shape index (κ2) is 5.97. The molecule has 0 aromatic heterocycles. The van der Waals surface area contributed by atoms with Gasteiger partial charge in [-0.15, -0.1) is 25.3 Å². The standard InChI is InChI=1S/C13H14OS2/c1-3-4-5-6-11-12(15)7-10(9(2)14)8-13(11)16/h3-8,15-16H,1-2H3/b4-3+,6-5+. The van der Waals surface area contributed by atoms with Crippen molar-refractivity contribution in [3.63, 3.8) is 0 Å². The SMILES string of the molecule is C/C=C/C=C/c1c(S)cc(C(C)=O)cc1S. The van der Waals surface area contributed by atoms with E-state index in [9.17, 15) is 4.79 Å². The van der Waals surface area contributed by atoms with Crippen molar-refractivity contribution in [1.82, 2.24) is 0 Å². The maximum absolute atomic E-state index is 11.2. The van der Waals surface area contributed by atoms with Gasteiger partial charge in [0, 0.05) is 20.9 Å². The first kappa shape index (κ1) is 13.1. The summed E-state index contributed by atoms with van der Waals surface area (Å²) in [5.41, 5.74) is 1.56. The molecule has 0 saturated carbocycles. The number of hydrogen-bond donors (Lipinski definition) is 2. The van der Waals surface area contributed by atoms with Crippen LogP contribution in [0.15, 0.2) is 40.2 Å². The second-order valence-electron chi connectivity index (χ2n) is 3.37. The van der Waals surface area contributed by atoms with Crippen LogP contribution < -0.4 is 0 Å². The monoisotopic (exact) mass is 250 g/mol. The highest BCUT2D eigenvalue weighted by atomic mass is 32.1. The minimum Gasteiger partial charge on any atom is -0.295 e. The van der Waals surface area contributed by atoms with E-state index in [-0.39, 0.29) is 5.78 Å². The first-order valence-corrected chi connectivity index (χ1v) is 5.82. The Labute approximate surface area is 107 Å². The van der Waals surface area contributed by atoms with E-state index >= 15 is 0 Å². The lowest BCUT2D eigenvalue weighted by Gasteiger charge is -2.06. The summed E-state index contributed by atoms with van der Waals surface area (Å²) in [6.07, 6.45) is 7.72. The van der Waals surface area contributed by atoms with Gasteiger partial charge in [0.05, 0.1) is 0 Å². The Morgan fingerprint density at radius 3 is 2.19 bits per heavy atom. The van der Waals surface area contributed by atoms with Crippen molar-refractivity contribution in [2.75, 3.05) is 0 Å². The minimum absolute atomic E-state index is 0.0228. The van der Waals surface area contributed by atoms with Gasteiger partial charge in [0.2, 0.25) is 0 Å². The van der Waals surface area contributed by atoms with Gasteiger partial charge in [-0.1, -0.05) is 24.3 Å². The Balaban J connectivity index is 3.17. The van der Waals surface area contributed by atoms with Crippen molar-refractivity contribution in [3.05, 3.63) is 41.5 Å². The van der Waals surface area contributed by atoms with Gasteiger partial charge in [-0.3, -0.25) is 4.79 Å². The normalized spacial score (nSPS) is 11.5. The first-order valence-electron chi connectivity index (χ1n) is 4.92. The third-order valence-electron chi connectivity index (χ3n) is 2.11. The molecule has 3 heteroatoms. The molecule has 0 fully saturated rings. The van der Waals surface area contributed by atoms with Crippen LogP contribution in [-0.2, 0) is 0 Å². The molecule has 1 aromatic rings. The molecule has 1 aromatic carbocycles. The fraction of sp³-hybridized carbons (Fsp3) is 0.154. The molecule has 84 valence electrons. The van der Waals surface area contributed by atoms with E-state index in [2.05, 4.69) is 25.3 Å².